The van der Waals surface area contributed by atoms with Gasteiger partial charge in [0.1, 0.15) is 0 Å². The van der Waals surface area contributed by atoms with Crippen molar-refractivity contribution in [1.29, 1.82) is 0 Å². The van der Waals surface area contributed by atoms with Gasteiger partial charge < -0.3 is 10.0 Å². The smallest absolute Gasteiger partial charge is 0.303 e. The second-order valence-corrected chi connectivity index (χ2v) is 4.85. The molecule has 5 nitrogen and oxygen atoms in total. The average Bonchev–Trinajstić information content (AvgIpc) is 2.59. The van der Waals surface area contributed by atoms with Crippen LogP contribution >= 0.6 is 23.2 Å². The minimum absolute atomic E-state index is 0.0918. The van der Waals surface area contributed by atoms with Gasteiger partial charge in [-0.1, -0.05) is 23.2 Å². The molecule has 100 valence electrons. The number of benzene rings is 1. The molecule has 1 aliphatic rings. The Labute approximate surface area is 118 Å². The van der Waals surface area contributed by atoms with Crippen molar-refractivity contribution in [3.8, 4) is 0 Å². The number of rotatable bonds is 4. The number of anilines is 1. The van der Waals surface area contributed by atoms with Gasteiger partial charge in [-0.15, -0.1) is 0 Å². The van der Waals surface area contributed by atoms with Crippen molar-refractivity contribution in [2.45, 2.75) is 12.8 Å². The average molecular weight is 302 g/mol. The summed E-state index contributed by atoms with van der Waals surface area (Å²) >= 11 is 11.9. The fourth-order valence-electron chi connectivity index (χ4n) is 1.95. The molecule has 0 bridgehead atoms. The third-order valence-corrected chi connectivity index (χ3v) is 3.41. The second kappa shape index (κ2) is 5.19. The van der Waals surface area contributed by atoms with Crippen LogP contribution in [0.2, 0.25) is 10.0 Å². The number of nitrogens with zero attached hydrogens (tertiary/aromatic N) is 1. The lowest BCUT2D eigenvalue weighted by molar-refractivity contribution is -0.137. The van der Waals surface area contributed by atoms with Crippen LogP contribution in [0.15, 0.2) is 12.1 Å². The molecule has 1 amide bonds. The van der Waals surface area contributed by atoms with E-state index in [2.05, 4.69) is 0 Å². The van der Waals surface area contributed by atoms with Gasteiger partial charge in [0.2, 0.25) is 0 Å². The standard InChI is InChI=1S/C12H9Cl2NO4/c13-6-3-4-7(14)10-9(6)11(18)12(19)15(10)5-1-2-8(16)17/h3-4H,1-2,5H2,(H,16,17). The van der Waals surface area contributed by atoms with Gasteiger partial charge in [0, 0.05) is 13.0 Å². The maximum Gasteiger partial charge on any atom is 0.303 e. The van der Waals surface area contributed by atoms with Crippen molar-refractivity contribution in [3.05, 3.63) is 27.7 Å². The Morgan fingerprint density at radius 1 is 1.21 bits per heavy atom. The molecule has 1 N–H and O–H groups in total. The van der Waals surface area contributed by atoms with E-state index in [1.807, 2.05) is 0 Å². The molecule has 0 saturated heterocycles. The zero-order valence-corrected chi connectivity index (χ0v) is 11.2. The summed E-state index contributed by atoms with van der Waals surface area (Å²) in [6.45, 7) is 0.115. The van der Waals surface area contributed by atoms with Crippen molar-refractivity contribution < 1.29 is 19.5 Å². The number of aliphatic carboxylic acids is 1. The number of hydrogen-bond donors (Lipinski definition) is 1. The van der Waals surface area contributed by atoms with E-state index < -0.39 is 17.7 Å². The van der Waals surface area contributed by atoms with Gasteiger partial charge in [0.15, 0.2) is 0 Å². The summed E-state index contributed by atoms with van der Waals surface area (Å²) < 4.78 is 0. The number of carboxylic acid groups (broad SMARTS) is 1. The summed E-state index contributed by atoms with van der Waals surface area (Å²) in [5, 5.41) is 8.99. The normalized spacial score (nSPS) is 13.9. The highest BCUT2D eigenvalue weighted by Crippen LogP contribution is 2.39. The first-order chi connectivity index (χ1) is 8.93. The molecule has 2 rings (SSSR count). The number of fused-ring (bicyclic) bond motifs is 1. The van der Waals surface area contributed by atoms with Crippen LogP contribution in [-0.2, 0) is 9.59 Å². The van der Waals surface area contributed by atoms with E-state index in [1.54, 1.807) is 0 Å². The Balaban J connectivity index is 2.33. The number of Topliss-reactive ketones (excluding diaryl/α,β-unsaturated/α-hetero) is 1. The number of halogens is 2. The summed E-state index contributed by atoms with van der Waals surface area (Å²) in [5.74, 6) is -2.40. The van der Waals surface area contributed by atoms with E-state index >= 15 is 0 Å². The van der Waals surface area contributed by atoms with E-state index in [0.717, 1.165) is 0 Å². The summed E-state index contributed by atoms with van der Waals surface area (Å²) in [6.07, 6.45) is 0.141. The summed E-state index contributed by atoms with van der Waals surface area (Å²) in [7, 11) is 0. The van der Waals surface area contributed by atoms with Crippen LogP contribution in [0.3, 0.4) is 0 Å². The monoisotopic (exact) mass is 301 g/mol. The van der Waals surface area contributed by atoms with Gasteiger partial charge in [-0.2, -0.15) is 0 Å². The van der Waals surface area contributed by atoms with Crippen molar-refractivity contribution in [1.82, 2.24) is 0 Å². The maximum atomic E-state index is 11.9. The molecule has 0 spiro atoms. The largest absolute Gasteiger partial charge is 0.481 e. The lowest BCUT2D eigenvalue weighted by atomic mass is 10.1. The minimum atomic E-state index is -0.963. The van der Waals surface area contributed by atoms with Crippen LogP contribution in [0.1, 0.15) is 23.2 Å². The fraction of sp³-hybridized carbons (Fsp3) is 0.250. The number of carbonyl (C=O) groups is 3. The Bertz CT molecular complexity index is 585. The summed E-state index contributed by atoms with van der Waals surface area (Å²) in [6, 6.07) is 2.95. The first-order valence-corrected chi connectivity index (χ1v) is 6.25. The van der Waals surface area contributed by atoms with E-state index in [9.17, 15) is 14.4 Å². The van der Waals surface area contributed by atoms with Gasteiger partial charge >= 0.3 is 5.97 Å². The lowest BCUT2D eigenvalue weighted by Gasteiger charge is -2.17. The molecule has 0 aromatic heterocycles. The molecule has 1 heterocycles. The highest BCUT2D eigenvalue weighted by atomic mass is 35.5. The molecule has 0 saturated carbocycles. The lowest BCUT2D eigenvalue weighted by Crippen LogP contribution is -2.31. The van der Waals surface area contributed by atoms with Crippen LogP contribution in [0.25, 0.3) is 0 Å². The predicted molar refractivity (Wildman–Crippen MR) is 70.0 cm³/mol. The van der Waals surface area contributed by atoms with Gasteiger partial charge in [-0.05, 0) is 18.6 Å². The SMILES string of the molecule is O=C(O)CCCN1C(=O)C(=O)c2c(Cl)ccc(Cl)c21. The van der Waals surface area contributed by atoms with Crippen LogP contribution in [-0.4, -0.2) is 29.3 Å². The molecule has 1 aromatic rings. The van der Waals surface area contributed by atoms with Crippen molar-refractivity contribution in [3.63, 3.8) is 0 Å². The van der Waals surface area contributed by atoms with E-state index in [1.165, 1.54) is 17.0 Å². The molecule has 7 heteroatoms. The fourth-order valence-corrected chi connectivity index (χ4v) is 2.45. The molecule has 0 atom stereocenters. The highest BCUT2D eigenvalue weighted by molar-refractivity contribution is 6.56. The van der Waals surface area contributed by atoms with E-state index in [0.29, 0.717) is 0 Å². The Kier molecular flexibility index (Phi) is 3.78. The Morgan fingerprint density at radius 2 is 1.84 bits per heavy atom. The molecule has 1 aromatic carbocycles. The summed E-state index contributed by atoms with van der Waals surface area (Å²) in [4.78, 5) is 35.3. The quantitative estimate of drug-likeness (QED) is 0.867. The van der Waals surface area contributed by atoms with Gasteiger partial charge in [0.05, 0.1) is 21.3 Å². The van der Waals surface area contributed by atoms with Crippen molar-refractivity contribution in [2.24, 2.45) is 0 Å². The molecule has 0 radical (unpaired) electrons. The first kappa shape index (κ1) is 13.8. The van der Waals surface area contributed by atoms with Crippen molar-refractivity contribution >= 4 is 46.5 Å². The Hall–Kier alpha value is -1.59. The molecule has 0 aliphatic carbocycles. The maximum absolute atomic E-state index is 11.9. The van der Waals surface area contributed by atoms with Crippen molar-refractivity contribution in [2.75, 3.05) is 11.4 Å². The highest BCUT2D eigenvalue weighted by Gasteiger charge is 2.38. The zero-order valence-electron chi connectivity index (χ0n) is 9.65. The third kappa shape index (κ3) is 2.43. The van der Waals surface area contributed by atoms with Crippen LogP contribution < -0.4 is 4.90 Å². The molecular weight excluding hydrogens is 293 g/mol. The minimum Gasteiger partial charge on any atom is -0.481 e. The predicted octanol–water partition coefficient (Wildman–Crippen LogP) is 2.39. The van der Waals surface area contributed by atoms with Crippen LogP contribution in [0.4, 0.5) is 5.69 Å². The van der Waals surface area contributed by atoms with Crippen LogP contribution in [0.5, 0.6) is 0 Å². The van der Waals surface area contributed by atoms with E-state index in [-0.39, 0.29) is 40.7 Å². The van der Waals surface area contributed by atoms with Gasteiger partial charge in [0.25, 0.3) is 11.7 Å². The van der Waals surface area contributed by atoms with Gasteiger partial charge in [-0.25, -0.2) is 0 Å². The second-order valence-electron chi connectivity index (χ2n) is 4.04. The molecule has 0 unspecified atom stereocenters. The zero-order chi connectivity index (χ0) is 14.2. The summed E-state index contributed by atoms with van der Waals surface area (Å²) in [5.41, 5.74) is 0.365. The molecule has 0 fully saturated rings. The van der Waals surface area contributed by atoms with Crippen LogP contribution in [0, 0.1) is 0 Å². The molecule has 19 heavy (non-hydrogen) atoms. The topological polar surface area (TPSA) is 74.7 Å². The number of carboxylic acids is 1. The molecule has 1 aliphatic heterocycles. The first-order valence-electron chi connectivity index (χ1n) is 5.49. The van der Waals surface area contributed by atoms with E-state index in [4.69, 9.17) is 28.3 Å². The Morgan fingerprint density at radius 3 is 2.47 bits per heavy atom. The van der Waals surface area contributed by atoms with Gasteiger partial charge in [-0.3, -0.25) is 14.4 Å². The number of hydrogen-bond acceptors (Lipinski definition) is 3. The number of amides is 1. The number of carbonyl (C=O) groups excluding carboxylic acids is 2. The third-order valence-electron chi connectivity index (χ3n) is 2.79. The number of ketones is 1. The molecular formula is C12H9Cl2NO4.